The molecule has 1 heterocycles. The van der Waals surface area contributed by atoms with Crippen LogP contribution in [-0.4, -0.2) is 15.3 Å². The zero-order valence-corrected chi connectivity index (χ0v) is 9.81. The third-order valence-electron chi connectivity index (χ3n) is 2.53. The van der Waals surface area contributed by atoms with Gasteiger partial charge in [0.15, 0.2) is 6.54 Å². The van der Waals surface area contributed by atoms with Crippen molar-refractivity contribution in [3.05, 3.63) is 58.7 Å². The van der Waals surface area contributed by atoms with Crippen LogP contribution in [0.25, 0.3) is 0 Å². The van der Waals surface area contributed by atoms with E-state index in [9.17, 15) is 14.9 Å². The fourth-order valence-electron chi connectivity index (χ4n) is 1.65. The van der Waals surface area contributed by atoms with Crippen LogP contribution in [0.4, 0.5) is 5.69 Å². The van der Waals surface area contributed by atoms with Gasteiger partial charge in [-0.05, 0) is 0 Å². The number of nitrogens with zero attached hydrogens (tertiary/aromatic N) is 3. The number of nitro groups is 1. The Kier molecular flexibility index (Phi) is 3.18. The highest BCUT2D eigenvalue weighted by molar-refractivity contribution is 5.96. The summed E-state index contributed by atoms with van der Waals surface area (Å²) < 4.78 is 3.54. The van der Waals surface area contributed by atoms with E-state index in [4.69, 9.17) is 0 Å². The van der Waals surface area contributed by atoms with E-state index in [1.165, 1.54) is 18.2 Å². The highest BCUT2D eigenvalue weighted by atomic mass is 16.6. The molecule has 0 radical (unpaired) electrons. The van der Waals surface area contributed by atoms with Gasteiger partial charge in [0.1, 0.15) is 12.4 Å². The first-order chi connectivity index (χ1) is 8.56. The van der Waals surface area contributed by atoms with Crippen molar-refractivity contribution in [2.24, 2.45) is 7.05 Å². The summed E-state index contributed by atoms with van der Waals surface area (Å²) in [5.74, 6) is -0.157. The molecule has 0 N–H and O–H groups in total. The Hall–Kier alpha value is -2.50. The number of hydrogen-bond acceptors (Lipinski definition) is 3. The summed E-state index contributed by atoms with van der Waals surface area (Å²) >= 11 is 0. The largest absolute Gasteiger partial charge is 0.290 e. The lowest BCUT2D eigenvalue weighted by molar-refractivity contribution is -0.671. The molecule has 18 heavy (non-hydrogen) atoms. The summed E-state index contributed by atoms with van der Waals surface area (Å²) in [5.41, 5.74) is 0.277. The summed E-state index contributed by atoms with van der Waals surface area (Å²) in [4.78, 5) is 22.1. The van der Waals surface area contributed by atoms with E-state index >= 15 is 0 Å². The van der Waals surface area contributed by atoms with Crippen LogP contribution in [0, 0.1) is 10.1 Å². The molecule has 0 unspecified atom stereocenters. The first kappa shape index (κ1) is 12.0. The highest BCUT2D eigenvalue weighted by Gasteiger charge is 2.14. The fraction of sp³-hybridized carbons (Fsp3) is 0.167. The van der Waals surface area contributed by atoms with Gasteiger partial charge >= 0.3 is 0 Å². The van der Waals surface area contributed by atoms with Gasteiger partial charge in [0.25, 0.3) is 5.69 Å². The molecule has 92 valence electrons. The molecule has 0 saturated heterocycles. The number of aryl methyl sites for hydroxylation is 1. The molecule has 0 aliphatic rings. The van der Waals surface area contributed by atoms with Crippen molar-refractivity contribution in [3.63, 3.8) is 0 Å². The number of rotatable bonds is 4. The predicted octanol–water partition coefficient (Wildman–Crippen LogP) is 1.10. The molecule has 6 nitrogen and oxygen atoms in total. The summed E-state index contributed by atoms with van der Waals surface area (Å²) in [5, 5.41) is 10.6. The highest BCUT2D eigenvalue weighted by Crippen LogP contribution is 2.13. The van der Waals surface area contributed by atoms with Crippen molar-refractivity contribution in [1.82, 2.24) is 4.57 Å². The van der Waals surface area contributed by atoms with Crippen molar-refractivity contribution in [1.29, 1.82) is 0 Å². The Morgan fingerprint density at radius 2 is 2.28 bits per heavy atom. The van der Waals surface area contributed by atoms with Crippen molar-refractivity contribution >= 4 is 11.5 Å². The van der Waals surface area contributed by atoms with Crippen LogP contribution in [0.2, 0.25) is 0 Å². The molecule has 6 heteroatoms. The molecular formula is C12H12N3O3+. The molecule has 0 spiro atoms. The van der Waals surface area contributed by atoms with Gasteiger partial charge in [-0.25, -0.2) is 9.13 Å². The second kappa shape index (κ2) is 4.79. The first-order valence-electron chi connectivity index (χ1n) is 5.35. The van der Waals surface area contributed by atoms with Gasteiger partial charge in [-0.1, -0.05) is 12.1 Å². The van der Waals surface area contributed by atoms with E-state index in [2.05, 4.69) is 0 Å². The first-order valence-corrected chi connectivity index (χ1v) is 5.35. The zero-order chi connectivity index (χ0) is 13.1. The number of Topliss-reactive ketones (excluding diaryl/α,β-unsaturated/α-hetero) is 1. The zero-order valence-electron chi connectivity index (χ0n) is 9.81. The van der Waals surface area contributed by atoms with Gasteiger partial charge in [0.05, 0.1) is 12.0 Å². The number of carbonyl (C=O) groups is 1. The fourth-order valence-corrected chi connectivity index (χ4v) is 1.65. The van der Waals surface area contributed by atoms with Gasteiger partial charge in [-0.3, -0.25) is 14.9 Å². The normalized spacial score (nSPS) is 10.3. The average molecular weight is 246 g/mol. The van der Waals surface area contributed by atoms with Gasteiger partial charge in [-0.2, -0.15) is 0 Å². The minimum Gasteiger partial charge on any atom is -0.290 e. The Bertz CT molecular complexity index is 604. The topological polar surface area (TPSA) is 69.0 Å². The molecule has 0 saturated carbocycles. The Balaban J connectivity index is 2.18. The number of imidazole rings is 1. The molecule has 0 atom stereocenters. The summed E-state index contributed by atoms with van der Waals surface area (Å²) in [6.07, 6.45) is 5.37. The number of nitro benzene ring substituents is 1. The van der Waals surface area contributed by atoms with E-state index in [1.807, 2.05) is 17.8 Å². The molecule has 0 amide bonds. The number of benzene rings is 1. The number of aromatic nitrogens is 2. The summed E-state index contributed by atoms with van der Waals surface area (Å²) in [6, 6.07) is 5.76. The van der Waals surface area contributed by atoms with E-state index in [-0.39, 0.29) is 18.0 Å². The van der Waals surface area contributed by atoms with Crippen LogP contribution >= 0.6 is 0 Å². The Morgan fingerprint density at radius 1 is 1.50 bits per heavy atom. The monoisotopic (exact) mass is 246 g/mol. The lowest BCUT2D eigenvalue weighted by atomic mass is 10.1. The third-order valence-corrected chi connectivity index (χ3v) is 2.53. The van der Waals surface area contributed by atoms with Crippen molar-refractivity contribution in [2.45, 2.75) is 6.54 Å². The van der Waals surface area contributed by atoms with Crippen molar-refractivity contribution in [3.8, 4) is 0 Å². The molecular weight excluding hydrogens is 234 g/mol. The maximum Gasteiger partial charge on any atom is 0.270 e. The number of carbonyl (C=O) groups excluding carboxylic acids is 1. The molecule has 1 aromatic heterocycles. The van der Waals surface area contributed by atoms with Crippen LogP contribution in [-0.2, 0) is 13.6 Å². The molecule has 2 aromatic rings. The van der Waals surface area contributed by atoms with Gasteiger partial charge < -0.3 is 0 Å². The predicted molar refractivity (Wildman–Crippen MR) is 63.0 cm³/mol. The molecule has 0 bridgehead atoms. The Labute approximate surface area is 103 Å². The van der Waals surface area contributed by atoms with E-state index in [0.29, 0.717) is 5.56 Å². The van der Waals surface area contributed by atoms with Gasteiger partial charge in [0.2, 0.25) is 12.1 Å². The second-order valence-electron chi connectivity index (χ2n) is 3.98. The van der Waals surface area contributed by atoms with Gasteiger partial charge in [-0.15, -0.1) is 0 Å². The van der Waals surface area contributed by atoms with Crippen LogP contribution < -0.4 is 4.57 Å². The molecule has 0 aliphatic heterocycles. The van der Waals surface area contributed by atoms with Crippen LogP contribution in [0.3, 0.4) is 0 Å². The van der Waals surface area contributed by atoms with Gasteiger partial charge in [0, 0.05) is 17.7 Å². The standard InChI is InChI=1S/C12H12N3O3/c1-13-5-6-14(9-13)8-12(16)10-3-2-4-11(7-10)15(17)18/h2-7,9H,8H2,1H3/q+1. The van der Waals surface area contributed by atoms with Crippen molar-refractivity contribution in [2.75, 3.05) is 0 Å². The second-order valence-corrected chi connectivity index (χ2v) is 3.98. The van der Waals surface area contributed by atoms with Crippen LogP contribution in [0.1, 0.15) is 10.4 Å². The third kappa shape index (κ3) is 2.60. The van der Waals surface area contributed by atoms with Crippen LogP contribution in [0.5, 0.6) is 0 Å². The SMILES string of the molecule is C[n+]1ccn(CC(=O)c2cccc([N+](=O)[O-])c2)c1. The maximum absolute atomic E-state index is 11.9. The molecule has 2 rings (SSSR count). The average Bonchev–Trinajstić information content (AvgIpc) is 2.75. The molecule has 0 aliphatic carbocycles. The number of ketones is 1. The quantitative estimate of drug-likeness (QED) is 0.351. The van der Waals surface area contributed by atoms with Crippen LogP contribution in [0.15, 0.2) is 43.0 Å². The van der Waals surface area contributed by atoms with E-state index in [0.717, 1.165) is 0 Å². The van der Waals surface area contributed by atoms with Crippen molar-refractivity contribution < 1.29 is 14.3 Å². The Morgan fingerprint density at radius 3 is 2.89 bits per heavy atom. The van der Waals surface area contributed by atoms with E-state index in [1.54, 1.807) is 23.2 Å². The van der Waals surface area contributed by atoms with E-state index < -0.39 is 4.92 Å². The summed E-state index contributed by atoms with van der Waals surface area (Å²) in [6.45, 7) is 0.169. The number of non-ortho nitro benzene ring substituents is 1. The minimum atomic E-state index is -0.508. The molecule has 1 aromatic carbocycles. The lowest BCUT2D eigenvalue weighted by Crippen LogP contribution is -2.24. The molecule has 0 fully saturated rings. The minimum absolute atomic E-state index is 0.0705. The maximum atomic E-state index is 11.9. The lowest BCUT2D eigenvalue weighted by Gasteiger charge is -1.98. The number of hydrogen-bond donors (Lipinski definition) is 0. The smallest absolute Gasteiger partial charge is 0.270 e. The summed E-state index contributed by atoms with van der Waals surface area (Å²) in [7, 11) is 1.86.